The Bertz CT molecular complexity index is 562. The van der Waals surface area contributed by atoms with Gasteiger partial charge in [0.05, 0.1) is 11.9 Å². The van der Waals surface area contributed by atoms with Crippen molar-refractivity contribution in [2.75, 3.05) is 12.8 Å². The number of aryl methyl sites for hydroxylation is 2. The van der Waals surface area contributed by atoms with Gasteiger partial charge in [-0.05, 0) is 37.3 Å². The lowest BCUT2D eigenvalue weighted by atomic mass is 10.3. The summed E-state index contributed by atoms with van der Waals surface area (Å²) in [7, 11) is 0. The molecule has 6 heteroatoms. The lowest BCUT2D eigenvalue weighted by Crippen LogP contribution is -2.24. The summed E-state index contributed by atoms with van der Waals surface area (Å²) in [4.78, 5) is 11.8. The van der Waals surface area contributed by atoms with Crippen molar-refractivity contribution < 1.29 is 9.21 Å². The van der Waals surface area contributed by atoms with Gasteiger partial charge in [-0.1, -0.05) is 0 Å². The second kappa shape index (κ2) is 7.19. The van der Waals surface area contributed by atoms with Crippen LogP contribution in [0, 0.1) is 6.92 Å². The Kier molecular flexibility index (Phi) is 5.29. The molecule has 0 saturated heterocycles. The summed E-state index contributed by atoms with van der Waals surface area (Å²) < 4.78 is 7.33. The van der Waals surface area contributed by atoms with Crippen LogP contribution in [0.25, 0.3) is 0 Å². The van der Waals surface area contributed by atoms with Gasteiger partial charge < -0.3 is 9.73 Å². The predicted octanol–water partition coefficient (Wildman–Crippen LogP) is 2.47. The summed E-state index contributed by atoms with van der Waals surface area (Å²) in [5.74, 6) is 1.83. The van der Waals surface area contributed by atoms with E-state index in [-0.39, 0.29) is 5.91 Å². The molecule has 0 unspecified atom stereocenters. The van der Waals surface area contributed by atoms with E-state index >= 15 is 0 Å². The van der Waals surface area contributed by atoms with Crippen LogP contribution in [0.1, 0.15) is 28.3 Å². The number of carbonyl (C=O) groups excluding carboxylic acids is 1. The number of nitrogens with one attached hydrogen (secondary N) is 1. The zero-order valence-corrected chi connectivity index (χ0v) is 12.6. The normalized spacial score (nSPS) is 10.7. The number of amides is 1. The summed E-state index contributed by atoms with van der Waals surface area (Å²) >= 11 is 1.67. The van der Waals surface area contributed by atoms with Crippen LogP contribution in [0.5, 0.6) is 0 Å². The molecule has 1 N–H and O–H groups in total. The molecule has 2 aromatic heterocycles. The Balaban J connectivity index is 1.71. The molecule has 0 bridgehead atoms. The van der Waals surface area contributed by atoms with Crippen molar-refractivity contribution in [1.82, 2.24) is 15.1 Å². The molecule has 0 saturated carbocycles. The molecule has 20 heavy (non-hydrogen) atoms. The minimum absolute atomic E-state index is 0.158. The van der Waals surface area contributed by atoms with E-state index in [1.807, 2.05) is 36.3 Å². The van der Waals surface area contributed by atoms with Crippen LogP contribution in [0.3, 0.4) is 0 Å². The molecule has 2 aromatic rings. The van der Waals surface area contributed by atoms with Crippen molar-refractivity contribution in [2.45, 2.75) is 25.6 Å². The zero-order chi connectivity index (χ0) is 14.4. The van der Waals surface area contributed by atoms with E-state index in [1.54, 1.807) is 17.8 Å². The maximum absolute atomic E-state index is 11.8. The third kappa shape index (κ3) is 4.16. The van der Waals surface area contributed by atoms with Gasteiger partial charge in [-0.3, -0.25) is 9.48 Å². The number of furan rings is 1. The van der Waals surface area contributed by atoms with Crippen LogP contribution in [0.15, 0.2) is 28.9 Å². The molecule has 0 aromatic carbocycles. The number of hydrogen-bond donors (Lipinski definition) is 1. The highest BCUT2D eigenvalue weighted by Crippen LogP contribution is 2.13. The summed E-state index contributed by atoms with van der Waals surface area (Å²) in [6.07, 6.45) is 6.66. The van der Waals surface area contributed by atoms with E-state index in [2.05, 4.69) is 10.4 Å². The third-order valence-corrected chi connectivity index (χ3v) is 3.36. The first-order valence-electron chi connectivity index (χ1n) is 6.54. The largest absolute Gasteiger partial charge is 0.455 e. The standard InChI is InChI=1S/C14H19N3O2S/c1-11-8-16-17(9-11)7-3-6-15-14(18)13-5-4-12(19-13)10-20-2/h4-5,8-9H,3,6-7,10H2,1-2H3,(H,15,18). The number of nitrogens with zero attached hydrogens (tertiary/aromatic N) is 2. The summed E-state index contributed by atoms with van der Waals surface area (Å²) in [5, 5.41) is 7.05. The SMILES string of the molecule is CSCc1ccc(C(=O)NCCCn2cc(C)cn2)o1. The summed E-state index contributed by atoms with van der Waals surface area (Å²) in [6, 6.07) is 3.57. The molecule has 5 nitrogen and oxygen atoms in total. The maximum Gasteiger partial charge on any atom is 0.286 e. The van der Waals surface area contributed by atoms with Gasteiger partial charge in [0.1, 0.15) is 5.76 Å². The fourth-order valence-corrected chi connectivity index (χ4v) is 2.28. The van der Waals surface area contributed by atoms with Gasteiger partial charge in [-0.15, -0.1) is 0 Å². The highest BCUT2D eigenvalue weighted by Gasteiger charge is 2.10. The van der Waals surface area contributed by atoms with Crippen LogP contribution in [0.2, 0.25) is 0 Å². The topological polar surface area (TPSA) is 60.1 Å². The van der Waals surface area contributed by atoms with Crippen LogP contribution in [0.4, 0.5) is 0 Å². The Morgan fingerprint density at radius 1 is 1.50 bits per heavy atom. The molecule has 0 aliphatic carbocycles. The molecule has 0 aliphatic rings. The van der Waals surface area contributed by atoms with Crippen LogP contribution in [-0.4, -0.2) is 28.5 Å². The van der Waals surface area contributed by atoms with Crippen molar-refractivity contribution >= 4 is 17.7 Å². The number of thioether (sulfide) groups is 1. The fraction of sp³-hybridized carbons (Fsp3) is 0.429. The smallest absolute Gasteiger partial charge is 0.286 e. The first kappa shape index (κ1) is 14.7. The first-order chi connectivity index (χ1) is 9.69. The van der Waals surface area contributed by atoms with Crippen LogP contribution < -0.4 is 5.32 Å². The molecule has 1 amide bonds. The molecule has 2 rings (SSSR count). The first-order valence-corrected chi connectivity index (χ1v) is 7.93. The Labute approximate surface area is 122 Å². The monoisotopic (exact) mass is 293 g/mol. The number of rotatable bonds is 7. The van der Waals surface area contributed by atoms with Crippen LogP contribution in [-0.2, 0) is 12.3 Å². The molecule has 0 aliphatic heterocycles. The lowest BCUT2D eigenvalue weighted by molar-refractivity contribution is 0.0923. The van der Waals surface area contributed by atoms with Crippen molar-refractivity contribution in [3.63, 3.8) is 0 Å². The second-order valence-corrected chi connectivity index (χ2v) is 5.46. The van der Waals surface area contributed by atoms with E-state index in [0.29, 0.717) is 12.3 Å². The highest BCUT2D eigenvalue weighted by atomic mass is 32.2. The van der Waals surface area contributed by atoms with Crippen molar-refractivity contribution in [2.24, 2.45) is 0 Å². The Hall–Kier alpha value is -1.69. The number of carbonyl (C=O) groups is 1. The van der Waals surface area contributed by atoms with E-state index in [9.17, 15) is 4.79 Å². The maximum atomic E-state index is 11.8. The van der Waals surface area contributed by atoms with E-state index in [1.165, 1.54) is 0 Å². The molecule has 0 spiro atoms. The Morgan fingerprint density at radius 3 is 3.05 bits per heavy atom. The summed E-state index contributed by atoms with van der Waals surface area (Å²) in [6.45, 7) is 3.41. The van der Waals surface area contributed by atoms with E-state index < -0.39 is 0 Å². The van der Waals surface area contributed by atoms with Crippen molar-refractivity contribution in [3.05, 3.63) is 41.6 Å². The van der Waals surface area contributed by atoms with E-state index in [0.717, 1.165) is 30.0 Å². The Morgan fingerprint density at radius 2 is 2.35 bits per heavy atom. The number of aromatic nitrogens is 2. The second-order valence-electron chi connectivity index (χ2n) is 4.59. The van der Waals surface area contributed by atoms with Gasteiger partial charge in [0.2, 0.25) is 0 Å². The third-order valence-electron chi connectivity index (χ3n) is 2.78. The highest BCUT2D eigenvalue weighted by molar-refractivity contribution is 7.97. The molecular formula is C14H19N3O2S. The lowest BCUT2D eigenvalue weighted by Gasteiger charge is -2.03. The molecule has 2 heterocycles. The average molecular weight is 293 g/mol. The zero-order valence-electron chi connectivity index (χ0n) is 11.8. The van der Waals surface area contributed by atoms with Crippen molar-refractivity contribution in [3.8, 4) is 0 Å². The van der Waals surface area contributed by atoms with Gasteiger partial charge in [0.25, 0.3) is 5.91 Å². The minimum Gasteiger partial charge on any atom is -0.455 e. The quantitative estimate of drug-likeness (QED) is 0.797. The fourth-order valence-electron chi connectivity index (χ4n) is 1.84. The van der Waals surface area contributed by atoms with Gasteiger partial charge in [0.15, 0.2) is 5.76 Å². The molecule has 0 radical (unpaired) electrons. The van der Waals surface area contributed by atoms with Gasteiger partial charge >= 0.3 is 0 Å². The van der Waals surface area contributed by atoms with Crippen molar-refractivity contribution in [1.29, 1.82) is 0 Å². The molecule has 0 atom stereocenters. The molecule has 0 fully saturated rings. The number of hydrogen-bond acceptors (Lipinski definition) is 4. The van der Waals surface area contributed by atoms with E-state index in [4.69, 9.17) is 4.42 Å². The van der Waals surface area contributed by atoms with Gasteiger partial charge in [-0.25, -0.2) is 0 Å². The molecular weight excluding hydrogens is 274 g/mol. The predicted molar refractivity (Wildman–Crippen MR) is 79.8 cm³/mol. The average Bonchev–Trinajstić information content (AvgIpc) is 3.04. The molecule has 108 valence electrons. The summed E-state index contributed by atoms with van der Waals surface area (Å²) in [5.41, 5.74) is 1.14. The van der Waals surface area contributed by atoms with Gasteiger partial charge in [0, 0.05) is 19.3 Å². The van der Waals surface area contributed by atoms with Crippen LogP contribution >= 0.6 is 11.8 Å². The minimum atomic E-state index is -0.158. The van der Waals surface area contributed by atoms with Gasteiger partial charge in [-0.2, -0.15) is 16.9 Å².